The summed E-state index contributed by atoms with van der Waals surface area (Å²) in [4.78, 5) is 4.62. The van der Waals surface area contributed by atoms with E-state index >= 15 is 0 Å². The largest absolute Gasteiger partial charge is 0.360 e. The van der Waals surface area contributed by atoms with Gasteiger partial charge in [-0.15, -0.1) is 0 Å². The van der Waals surface area contributed by atoms with E-state index in [0.29, 0.717) is 15.1 Å². The summed E-state index contributed by atoms with van der Waals surface area (Å²) in [5, 5.41) is 0. The average molecular weight is 249 g/mol. The third-order valence-electron chi connectivity index (χ3n) is 3.17. The Bertz CT molecular complexity index is 380. The van der Waals surface area contributed by atoms with Gasteiger partial charge in [0.15, 0.2) is 0 Å². The molecule has 0 bridgehead atoms. The molecule has 0 amide bonds. The first-order valence-electron chi connectivity index (χ1n) is 6.01. The lowest BCUT2D eigenvalue weighted by atomic mass is 9.95. The fourth-order valence-electron chi connectivity index (χ4n) is 2.35. The molecule has 0 aromatic carbocycles. The summed E-state index contributed by atoms with van der Waals surface area (Å²) in [7, 11) is 4.03. The smallest absolute Gasteiger partial charge is 0.137 e. The van der Waals surface area contributed by atoms with E-state index < -0.39 is 0 Å². The van der Waals surface area contributed by atoms with Crippen molar-refractivity contribution in [2.45, 2.75) is 37.6 Å². The van der Waals surface area contributed by atoms with E-state index in [0.717, 1.165) is 6.42 Å². The minimum absolute atomic E-state index is 0.0888. The molecule has 1 unspecified atom stereocenters. The van der Waals surface area contributed by atoms with Crippen LogP contribution in [0, 0.1) is 6.92 Å². The van der Waals surface area contributed by atoms with Crippen molar-refractivity contribution in [2.75, 3.05) is 14.2 Å². The van der Waals surface area contributed by atoms with E-state index in [1.807, 2.05) is 6.20 Å². The van der Waals surface area contributed by atoms with Crippen LogP contribution in [0.4, 0.5) is 0 Å². The molecule has 1 heterocycles. The Morgan fingerprint density at radius 3 is 2.88 bits per heavy atom. The topological polar surface area (TPSA) is 31.4 Å². The maximum atomic E-state index is 5.30. The Morgan fingerprint density at radius 2 is 2.18 bits per heavy atom. The first-order valence-corrected chi connectivity index (χ1v) is 7.17. The third-order valence-corrected chi connectivity index (χ3v) is 4.88. The van der Waals surface area contributed by atoms with Crippen LogP contribution in [0.15, 0.2) is 12.3 Å². The number of hydrogen-bond donors (Lipinski definition) is 0. The molecule has 3 nitrogen and oxygen atoms in total. The number of hydrogen-bond acceptors (Lipinski definition) is 3. The number of methoxy groups -OCH3 is 2. The first-order chi connectivity index (χ1) is 8.24. The Hall–Kier alpha value is -0.713. The minimum Gasteiger partial charge on any atom is -0.360 e. The van der Waals surface area contributed by atoms with Crippen LogP contribution in [0.5, 0.6) is 0 Å². The van der Waals surface area contributed by atoms with Gasteiger partial charge in [0.05, 0.1) is 0 Å². The molecule has 1 atom stereocenters. The molecule has 0 fully saturated rings. The molecule has 0 aliphatic heterocycles. The average Bonchev–Trinajstić information content (AvgIpc) is 2.35. The molecule has 0 N–H and O–H groups in total. The van der Waals surface area contributed by atoms with E-state index in [2.05, 4.69) is 18.0 Å². The number of fused-ring (bicyclic) bond motifs is 1. The van der Waals surface area contributed by atoms with Crippen molar-refractivity contribution >= 4 is 9.52 Å². The number of aromatic nitrogens is 1. The summed E-state index contributed by atoms with van der Waals surface area (Å²) in [5.41, 5.74) is 4.44. The Kier molecular flexibility index (Phi) is 4.31. The number of aryl methyl sites for hydroxylation is 2. The second kappa shape index (κ2) is 5.75. The van der Waals surface area contributed by atoms with Crippen LogP contribution in [0.2, 0.25) is 0 Å². The highest BCUT2D eigenvalue weighted by atomic mass is 28.2. The van der Waals surface area contributed by atoms with Gasteiger partial charge < -0.3 is 9.47 Å². The lowest BCUT2D eigenvalue weighted by Crippen LogP contribution is -2.29. The quantitative estimate of drug-likeness (QED) is 0.604. The van der Waals surface area contributed by atoms with Crippen molar-refractivity contribution in [3.63, 3.8) is 0 Å². The standard InChI is InChI=1S/C13H19NO2Si/c1-9-7-10-5-4-6-11(12(10)14-8-9)17-13(15-2)16-3/h7-8,11,13H,4-6H2,1-3H3. The second-order valence-corrected chi connectivity index (χ2v) is 5.97. The van der Waals surface area contributed by atoms with Crippen molar-refractivity contribution in [1.82, 2.24) is 4.98 Å². The normalized spacial score (nSPS) is 19.4. The Morgan fingerprint density at radius 1 is 1.41 bits per heavy atom. The monoisotopic (exact) mass is 249 g/mol. The maximum absolute atomic E-state index is 5.30. The van der Waals surface area contributed by atoms with Crippen LogP contribution >= 0.6 is 0 Å². The zero-order valence-electron chi connectivity index (χ0n) is 10.7. The molecule has 0 saturated heterocycles. The molecule has 2 radical (unpaired) electrons. The van der Waals surface area contributed by atoms with Gasteiger partial charge in [0.1, 0.15) is 15.4 Å². The van der Waals surface area contributed by atoms with Crippen molar-refractivity contribution in [3.8, 4) is 0 Å². The molecule has 4 heteroatoms. The molecule has 17 heavy (non-hydrogen) atoms. The van der Waals surface area contributed by atoms with Crippen LogP contribution < -0.4 is 0 Å². The van der Waals surface area contributed by atoms with E-state index in [9.17, 15) is 0 Å². The van der Waals surface area contributed by atoms with Crippen LogP contribution in [0.3, 0.4) is 0 Å². The van der Waals surface area contributed by atoms with Crippen LogP contribution in [-0.4, -0.2) is 34.6 Å². The Labute approximate surface area is 105 Å². The molecule has 0 spiro atoms. The molecule has 1 aliphatic rings. The van der Waals surface area contributed by atoms with Gasteiger partial charge in [0, 0.05) is 26.1 Å². The molecule has 1 aromatic heterocycles. The lowest BCUT2D eigenvalue weighted by molar-refractivity contribution is -0.0449. The molecule has 1 aliphatic carbocycles. The van der Waals surface area contributed by atoms with Gasteiger partial charge in [0.2, 0.25) is 0 Å². The first kappa shape index (κ1) is 12.7. The predicted molar refractivity (Wildman–Crippen MR) is 68.2 cm³/mol. The maximum Gasteiger partial charge on any atom is 0.137 e. The summed E-state index contributed by atoms with van der Waals surface area (Å²) in [6.07, 6.45) is 5.58. The fraction of sp³-hybridized carbons (Fsp3) is 0.615. The summed E-state index contributed by atoms with van der Waals surface area (Å²) >= 11 is 0. The Balaban J connectivity index is 2.16. The van der Waals surface area contributed by atoms with Crippen molar-refractivity contribution in [2.24, 2.45) is 0 Å². The number of pyridine rings is 1. The SMILES string of the molecule is COC(OC)[Si]C1CCCc2cc(C)cnc21. The van der Waals surface area contributed by atoms with E-state index in [-0.39, 0.29) is 5.91 Å². The van der Waals surface area contributed by atoms with Crippen LogP contribution in [0.25, 0.3) is 0 Å². The van der Waals surface area contributed by atoms with Crippen molar-refractivity contribution < 1.29 is 9.47 Å². The van der Waals surface area contributed by atoms with Gasteiger partial charge in [-0.05, 0) is 42.9 Å². The van der Waals surface area contributed by atoms with Gasteiger partial charge >= 0.3 is 0 Å². The zero-order chi connectivity index (χ0) is 12.3. The fourth-order valence-corrected chi connectivity index (χ4v) is 3.74. The number of nitrogens with zero attached hydrogens (tertiary/aromatic N) is 1. The van der Waals surface area contributed by atoms with Crippen LogP contribution in [-0.2, 0) is 15.9 Å². The summed E-state index contributed by atoms with van der Waals surface area (Å²) in [5.74, 6) is -0.0888. The van der Waals surface area contributed by atoms with Crippen molar-refractivity contribution in [3.05, 3.63) is 29.1 Å². The third kappa shape index (κ3) is 2.94. The molecule has 92 valence electrons. The molecular formula is C13H19NO2Si. The van der Waals surface area contributed by atoms with Crippen molar-refractivity contribution in [1.29, 1.82) is 0 Å². The lowest BCUT2D eigenvalue weighted by Gasteiger charge is -2.26. The molecule has 1 aromatic rings. The van der Waals surface area contributed by atoms with Gasteiger partial charge in [0.25, 0.3) is 0 Å². The summed E-state index contributed by atoms with van der Waals surface area (Å²) in [6.45, 7) is 2.10. The minimum atomic E-state index is -0.0888. The highest BCUT2D eigenvalue weighted by molar-refractivity contribution is 6.38. The van der Waals surface area contributed by atoms with E-state index in [4.69, 9.17) is 9.47 Å². The van der Waals surface area contributed by atoms with E-state index in [1.165, 1.54) is 29.7 Å². The van der Waals surface area contributed by atoms with Gasteiger partial charge in [-0.3, -0.25) is 4.98 Å². The second-order valence-electron chi connectivity index (χ2n) is 4.47. The van der Waals surface area contributed by atoms with Gasteiger partial charge in [-0.2, -0.15) is 0 Å². The van der Waals surface area contributed by atoms with Gasteiger partial charge in [-0.1, -0.05) is 6.07 Å². The molecule has 0 saturated carbocycles. The van der Waals surface area contributed by atoms with Gasteiger partial charge in [-0.25, -0.2) is 0 Å². The molecule has 2 rings (SSSR count). The number of rotatable bonds is 4. The predicted octanol–water partition coefficient (Wildman–Crippen LogP) is 2.05. The summed E-state index contributed by atoms with van der Waals surface area (Å²) in [6, 6.07) is 2.27. The molecular weight excluding hydrogens is 230 g/mol. The van der Waals surface area contributed by atoms with Crippen LogP contribution in [0.1, 0.15) is 35.2 Å². The van der Waals surface area contributed by atoms with E-state index in [1.54, 1.807) is 14.2 Å². The highest BCUT2D eigenvalue weighted by Gasteiger charge is 2.25. The highest BCUT2D eigenvalue weighted by Crippen LogP contribution is 2.30. The zero-order valence-corrected chi connectivity index (χ0v) is 11.7. The number of ether oxygens (including phenoxy) is 2. The summed E-state index contributed by atoms with van der Waals surface area (Å²) < 4.78 is 10.6.